The molecule has 0 aliphatic carbocycles. The molecule has 0 N–H and O–H groups in total. The van der Waals surface area contributed by atoms with E-state index in [1.165, 1.54) is 0 Å². The molecule has 1 aliphatic rings. The molecule has 1 radical (unpaired) electrons. The molecule has 0 unspecified atom stereocenters. The quantitative estimate of drug-likeness (QED) is 0.538. The highest BCUT2D eigenvalue weighted by Crippen LogP contribution is 2.34. The first kappa shape index (κ1) is 9.87. The van der Waals surface area contributed by atoms with Crippen molar-refractivity contribution in [2.24, 2.45) is 5.10 Å². The second-order valence-electron chi connectivity index (χ2n) is 2.10. The highest BCUT2D eigenvalue weighted by atomic mass is 19.4. The maximum atomic E-state index is 11.8. The van der Waals surface area contributed by atoms with Crippen molar-refractivity contribution in [2.75, 3.05) is 0 Å². The summed E-state index contributed by atoms with van der Waals surface area (Å²) in [5.74, 6) is 0. The second kappa shape index (κ2) is 2.64. The minimum absolute atomic E-state index is 0.0445. The summed E-state index contributed by atoms with van der Waals surface area (Å²) in [4.78, 5) is 0. The zero-order chi connectivity index (χ0) is 10.3. The molecule has 0 atom stereocenters. The molecule has 0 saturated heterocycles. The number of rotatable bonds is 0. The van der Waals surface area contributed by atoms with E-state index in [2.05, 4.69) is 10.5 Å². The average Bonchev–Trinajstić information content (AvgIpc) is 2.27. The van der Waals surface area contributed by atoms with Crippen molar-refractivity contribution in [3.8, 4) is 0 Å². The van der Waals surface area contributed by atoms with E-state index in [1.807, 2.05) is 0 Å². The number of hydrogen-bond acceptors (Lipinski definition) is 1. The lowest BCUT2D eigenvalue weighted by Crippen LogP contribution is -2.30. The van der Waals surface area contributed by atoms with E-state index in [4.69, 9.17) is 0 Å². The minimum atomic E-state index is -5.12. The van der Waals surface area contributed by atoms with Crippen molar-refractivity contribution in [2.45, 2.75) is 12.4 Å². The van der Waals surface area contributed by atoms with E-state index in [0.717, 1.165) is 0 Å². The number of allylic oxidation sites excluding steroid dienone is 1. The Morgan fingerprint density at radius 1 is 0.923 bits per heavy atom. The summed E-state index contributed by atoms with van der Waals surface area (Å²) in [5, 5.41) is 2.36. The smallest absolute Gasteiger partial charge is 0.166 e. The Morgan fingerprint density at radius 3 is 1.77 bits per heavy atom. The highest BCUT2D eigenvalue weighted by molar-refractivity contribution is 6.06. The predicted molar refractivity (Wildman–Crippen MR) is 29.8 cm³/mol. The zero-order valence-corrected chi connectivity index (χ0v) is 5.74. The van der Waals surface area contributed by atoms with Crippen LogP contribution < -0.4 is 5.43 Å². The molecule has 13 heavy (non-hydrogen) atoms. The SMILES string of the molecule is FC(F)(F)C1=C[N]N=C1C(F)(F)F. The van der Waals surface area contributed by atoms with Crippen LogP contribution >= 0.6 is 0 Å². The summed E-state index contributed by atoms with van der Waals surface area (Å²) in [6.45, 7) is 0. The molecule has 0 spiro atoms. The van der Waals surface area contributed by atoms with E-state index in [0.29, 0.717) is 0 Å². The van der Waals surface area contributed by atoms with Gasteiger partial charge in [0, 0.05) is 0 Å². The normalized spacial score (nSPS) is 18.0. The molecule has 0 fully saturated rings. The van der Waals surface area contributed by atoms with Crippen LogP contribution in [0.3, 0.4) is 0 Å². The number of hydrogen-bond donors (Lipinski definition) is 0. The fourth-order valence-corrected chi connectivity index (χ4v) is 0.676. The van der Waals surface area contributed by atoms with Crippen molar-refractivity contribution >= 4 is 5.71 Å². The first-order valence-corrected chi connectivity index (χ1v) is 2.85. The summed E-state index contributed by atoms with van der Waals surface area (Å²) in [5.41, 5.74) is -1.30. The van der Waals surface area contributed by atoms with E-state index in [-0.39, 0.29) is 6.20 Å². The maximum Gasteiger partial charge on any atom is 0.435 e. The van der Waals surface area contributed by atoms with Gasteiger partial charge in [-0.15, -0.1) is 5.10 Å². The van der Waals surface area contributed by atoms with E-state index in [1.54, 1.807) is 0 Å². The Hall–Kier alpha value is -1.21. The van der Waals surface area contributed by atoms with Crippen LogP contribution in [0.15, 0.2) is 16.9 Å². The standard InChI is InChI=1S/C5HF6N2/c6-4(7,8)2-1-12-13-3(2)5(9,10)11/h1H. The number of halogens is 6. The second-order valence-corrected chi connectivity index (χ2v) is 2.10. The Balaban J connectivity index is 2.99. The molecule has 73 valence electrons. The monoisotopic (exact) mass is 203 g/mol. The van der Waals surface area contributed by atoms with Gasteiger partial charge in [0.25, 0.3) is 0 Å². The molecule has 2 nitrogen and oxygen atoms in total. The van der Waals surface area contributed by atoms with Crippen molar-refractivity contribution in [1.29, 1.82) is 0 Å². The van der Waals surface area contributed by atoms with Gasteiger partial charge in [0.15, 0.2) is 5.71 Å². The fraction of sp³-hybridized carbons (Fsp3) is 0.400. The molecule has 0 aromatic heterocycles. The van der Waals surface area contributed by atoms with Gasteiger partial charge in [-0.25, -0.2) is 0 Å². The lowest BCUT2D eigenvalue weighted by atomic mass is 10.1. The van der Waals surface area contributed by atoms with Crippen molar-refractivity contribution in [1.82, 2.24) is 5.43 Å². The van der Waals surface area contributed by atoms with Gasteiger partial charge >= 0.3 is 12.4 Å². The molecule has 1 heterocycles. The lowest BCUT2D eigenvalue weighted by Gasteiger charge is -2.11. The third-order valence-electron chi connectivity index (χ3n) is 1.17. The predicted octanol–water partition coefficient (Wildman–Crippen LogP) is 1.97. The largest absolute Gasteiger partial charge is 0.435 e. The summed E-state index contributed by atoms with van der Waals surface area (Å²) in [6, 6.07) is 0. The molecule has 0 bridgehead atoms. The van der Waals surface area contributed by atoms with Gasteiger partial charge in [0.05, 0.1) is 6.20 Å². The number of alkyl halides is 6. The van der Waals surface area contributed by atoms with E-state index >= 15 is 0 Å². The van der Waals surface area contributed by atoms with Gasteiger partial charge in [0.2, 0.25) is 0 Å². The van der Waals surface area contributed by atoms with Crippen LogP contribution in [0.5, 0.6) is 0 Å². The first-order valence-electron chi connectivity index (χ1n) is 2.85. The van der Waals surface area contributed by atoms with Gasteiger partial charge in [-0.3, -0.25) is 0 Å². The Labute approximate surface area is 67.9 Å². The molecular weight excluding hydrogens is 202 g/mol. The van der Waals surface area contributed by atoms with Crippen molar-refractivity contribution in [3.63, 3.8) is 0 Å². The van der Waals surface area contributed by atoms with Gasteiger partial charge in [-0.1, -0.05) is 0 Å². The molecular formula is C5HF6N2. The van der Waals surface area contributed by atoms with Crippen LogP contribution in [0.1, 0.15) is 0 Å². The van der Waals surface area contributed by atoms with Gasteiger partial charge in [0.1, 0.15) is 5.57 Å². The molecule has 1 aliphatic heterocycles. The number of nitrogens with zero attached hydrogens (tertiary/aromatic N) is 2. The minimum Gasteiger partial charge on any atom is -0.166 e. The van der Waals surface area contributed by atoms with Crippen LogP contribution in [0, 0.1) is 0 Å². The molecule has 1 rings (SSSR count). The fourth-order valence-electron chi connectivity index (χ4n) is 0.676. The highest BCUT2D eigenvalue weighted by Gasteiger charge is 2.50. The van der Waals surface area contributed by atoms with Crippen LogP contribution in [0.25, 0.3) is 0 Å². The average molecular weight is 203 g/mol. The van der Waals surface area contributed by atoms with E-state index in [9.17, 15) is 26.3 Å². The summed E-state index contributed by atoms with van der Waals surface area (Å²) in [6.07, 6.45) is -10.2. The third kappa shape index (κ3) is 1.93. The van der Waals surface area contributed by atoms with Crippen LogP contribution in [-0.4, -0.2) is 18.1 Å². The van der Waals surface area contributed by atoms with Gasteiger partial charge < -0.3 is 0 Å². The van der Waals surface area contributed by atoms with Crippen molar-refractivity contribution < 1.29 is 26.3 Å². The van der Waals surface area contributed by atoms with E-state index < -0.39 is 23.6 Å². The zero-order valence-electron chi connectivity index (χ0n) is 5.74. The summed E-state index contributed by atoms with van der Waals surface area (Å²) >= 11 is 0. The Morgan fingerprint density at radius 2 is 1.46 bits per heavy atom. The maximum absolute atomic E-state index is 11.8. The summed E-state index contributed by atoms with van der Waals surface area (Å²) < 4.78 is 70.9. The molecule has 0 aromatic rings. The van der Waals surface area contributed by atoms with Crippen LogP contribution in [0.2, 0.25) is 0 Å². The molecule has 0 aromatic carbocycles. The summed E-state index contributed by atoms with van der Waals surface area (Å²) in [7, 11) is 0. The van der Waals surface area contributed by atoms with Gasteiger partial charge in [-0.2, -0.15) is 31.8 Å². The Kier molecular flexibility index (Phi) is 2.01. The molecule has 8 heteroatoms. The van der Waals surface area contributed by atoms with Gasteiger partial charge in [-0.05, 0) is 0 Å². The first-order chi connectivity index (χ1) is 5.73. The molecule has 0 amide bonds. The topological polar surface area (TPSA) is 26.5 Å². The lowest BCUT2D eigenvalue weighted by molar-refractivity contribution is -0.0959. The van der Waals surface area contributed by atoms with Crippen molar-refractivity contribution in [3.05, 3.63) is 11.8 Å². The molecule has 0 saturated carbocycles. The van der Waals surface area contributed by atoms with Crippen LogP contribution in [0.4, 0.5) is 26.3 Å². The van der Waals surface area contributed by atoms with Crippen LogP contribution in [-0.2, 0) is 0 Å². The third-order valence-corrected chi connectivity index (χ3v) is 1.17. The Bertz CT molecular complexity index is 242.